The number of halogens is 1. The van der Waals surface area contributed by atoms with Gasteiger partial charge in [0, 0.05) is 6.20 Å². The fourth-order valence-corrected chi connectivity index (χ4v) is 1.56. The van der Waals surface area contributed by atoms with Crippen LogP contribution in [0.3, 0.4) is 0 Å². The van der Waals surface area contributed by atoms with Crippen molar-refractivity contribution >= 4 is 15.9 Å². The summed E-state index contributed by atoms with van der Waals surface area (Å²) in [5.41, 5.74) is 2.41. The molecule has 0 atom stereocenters. The molecule has 76 valence electrons. The van der Waals surface area contributed by atoms with E-state index < -0.39 is 0 Å². The molecule has 2 rings (SSSR count). The zero-order chi connectivity index (χ0) is 10.7. The second kappa shape index (κ2) is 4.51. The summed E-state index contributed by atoms with van der Waals surface area (Å²) >= 11 is 3.31. The maximum absolute atomic E-state index is 8.88. The molecule has 2 aromatic heterocycles. The van der Waals surface area contributed by atoms with E-state index in [-0.39, 0.29) is 6.61 Å². The van der Waals surface area contributed by atoms with Crippen LogP contribution in [0.1, 0.15) is 5.56 Å². The van der Waals surface area contributed by atoms with Crippen molar-refractivity contribution in [3.05, 3.63) is 46.7 Å². The van der Waals surface area contributed by atoms with Crippen LogP contribution < -0.4 is 0 Å². The monoisotopic (exact) mass is 264 g/mol. The summed E-state index contributed by atoms with van der Waals surface area (Å²) in [5, 5.41) is 8.88. The van der Waals surface area contributed by atoms with E-state index in [2.05, 4.69) is 25.9 Å². The summed E-state index contributed by atoms with van der Waals surface area (Å²) in [6.45, 7) is 0.0131. The number of aliphatic hydroxyl groups excluding tert-OH is 1. The lowest BCUT2D eigenvalue weighted by Gasteiger charge is -2.01. The fraction of sp³-hybridized carbons (Fsp3) is 0.0909. The molecule has 4 heteroatoms. The van der Waals surface area contributed by atoms with Crippen LogP contribution in [0.15, 0.2) is 41.1 Å². The van der Waals surface area contributed by atoms with Crippen LogP contribution in [0.25, 0.3) is 11.4 Å². The van der Waals surface area contributed by atoms with Crippen LogP contribution in [0.2, 0.25) is 0 Å². The molecule has 2 heterocycles. The number of aromatic nitrogens is 2. The normalized spacial score (nSPS) is 10.3. The van der Waals surface area contributed by atoms with Crippen LogP contribution >= 0.6 is 15.9 Å². The molecule has 0 unspecified atom stereocenters. The van der Waals surface area contributed by atoms with E-state index in [9.17, 15) is 0 Å². The van der Waals surface area contributed by atoms with Crippen molar-refractivity contribution in [1.82, 2.24) is 9.97 Å². The van der Waals surface area contributed by atoms with Gasteiger partial charge in [-0.05, 0) is 39.7 Å². The van der Waals surface area contributed by atoms with Gasteiger partial charge in [0.05, 0.1) is 18.0 Å². The second-order valence-corrected chi connectivity index (χ2v) is 3.87. The third-order valence-corrected chi connectivity index (χ3v) is 2.43. The van der Waals surface area contributed by atoms with Gasteiger partial charge in [-0.15, -0.1) is 0 Å². The first-order chi connectivity index (χ1) is 7.29. The number of hydrogen-bond donors (Lipinski definition) is 1. The van der Waals surface area contributed by atoms with Gasteiger partial charge >= 0.3 is 0 Å². The molecule has 1 N–H and O–H groups in total. The minimum atomic E-state index is 0.0131. The molecule has 2 aromatic rings. The van der Waals surface area contributed by atoms with Crippen LogP contribution in [-0.2, 0) is 6.61 Å². The van der Waals surface area contributed by atoms with Gasteiger partial charge in [-0.2, -0.15) is 0 Å². The van der Waals surface area contributed by atoms with Gasteiger partial charge in [-0.25, -0.2) is 4.98 Å². The Kier molecular flexibility index (Phi) is 3.08. The Morgan fingerprint density at radius 1 is 1.13 bits per heavy atom. The molecule has 0 saturated heterocycles. The summed E-state index contributed by atoms with van der Waals surface area (Å²) in [4.78, 5) is 8.51. The lowest BCUT2D eigenvalue weighted by Crippen LogP contribution is -1.90. The second-order valence-electron chi connectivity index (χ2n) is 3.06. The Morgan fingerprint density at radius 3 is 2.60 bits per heavy atom. The Hall–Kier alpha value is -1.26. The summed E-state index contributed by atoms with van der Waals surface area (Å²) in [7, 11) is 0. The number of nitrogens with zero attached hydrogens (tertiary/aromatic N) is 2. The Bertz CT molecular complexity index is 456. The van der Waals surface area contributed by atoms with E-state index in [1.165, 1.54) is 0 Å². The first-order valence-corrected chi connectivity index (χ1v) is 5.27. The Labute approximate surface area is 96.0 Å². The van der Waals surface area contributed by atoms with Crippen LogP contribution in [0, 0.1) is 0 Å². The van der Waals surface area contributed by atoms with E-state index in [1.54, 1.807) is 6.20 Å². The predicted molar refractivity (Wildman–Crippen MR) is 61.1 cm³/mol. The molecular formula is C11H9BrN2O. The van der Waals surface area contributed by atoms with Crippen molar-refractivity contribution in [2.24, 2.45) is 0 Å². The summed E-state index contributed by atoms with van der Waals surface area (Å²) < 4.78 is 0.785. The SMILES string of the molecule is OCc1ccc(-c2cccc(Br)n2)nc1. The molecule has 0 spiro atoms. The highest BCUT2D eigenvalue weighted by Gasteiger charge is 2.01. The third kappa shape index (κ3) is 2.40. The average molecular weight is 265 g/mol. The summed E-state index contributed by atoms with van der Waals surface area (Å²) in [6.07, 6.45) is 1.65. The molecule has 3 nitrogen and oxygen atoms in total. The Balaban J connectivity index is 2.37. The van der Waals surface area contributed by atoms with Crippen LogP contribution in [-0.4, -0.2) is 15.1 Å². The quantitative estimate of drug-likeness (QED) is 0.848. The summed E-state index contributed by atoms with van der Waals surface area (Å²) in [5.74, 6) is 0. The molecule has 0 aliphatic carbocycles. The summed E-state index contributed by atoms with van der Waals surface area (Å²) in [6, 6.07) is 9.36. The highest BCUT2D eigenvalue weighted by Crippen LogP contribution is 2.17. The lowest BCUT2D eigenvalue weighted by atomic mass is 10.2. The third-order valence-electron chi connectivity index (χ3n) is 1.98. The molecule has 0 aromatic carbocycles. The molecule has 0 bridgehead atoms. The maximum atomic E-state index is 8.88. The van der Waals surface area contributed by atoms with Crippen molar-refractivity contribution in [3.8, 4) is 11.4 Å². The van der Waals surface area contributed by atoms with Crippen molar-refractivity contribution < 1.29 is 5.11 Å². The predicted octanol–water partition coefficient (Wildman–Crippen LogP) is 2.40. The standard InChI is InChI=1S/C11H9BrN2O/c12-11-3-1-2-10(14-11)9-5-4-8(7-15)6-13-9/h1-6,15H,7H2. The first kappa shape index (κ1) is 10.3. The highest BCUT2D eigenvalue weighted by atomic mass is 79.9. The van der Waals surface area contributed by atoms with Crippen molar-refractivity contribution in [1.29, 1.82) is 0 Å². The van der Waals surface area contributed by atoms with Gasteiger partial charge in [-0.3, -0.25) is 4.98 Å². The molecule has 0 radical (unpaired) electrons. The number of hydrogen-bond acceptors (Lipinski definition) is 3. The molecule has 0 fully saturated rings. The fourth-order valence-electron chi connectivity index (χ4n) is 1.22. The van der Waals surface area contributed by atoms with E-state index in [1.807, 2.05) is 30.3 Å². The van der Waals surface area contributed by atoms with Crippen LogP contribution in [0.4, 0.5) is 0 Å². The van der Waals surface area contributed by atoms with Gasteiger partial charge in [0.1, 0.15) is 4.60 Å². The topological polar surface area (TPSA) is 46.0 Å². The van der Waals surface area contributed by atoms with E-state index in [4.69, 9.17) is 5.11 Å². The molecule has 0 amide bonds. The van der Waals surface area contributed by atoms with E-state index >= 15 is 0 Å². The van der Waals surface area contributed by atoms with Gasteiger partial charge in [0.25, 0.3) is 0 Å². The number of rotatable bonds is 2. The van der Waals surface area contributed by atoms with E-state index in [0.717, 1.165) is 21.6 Å². The minimum Gasteiger partial charge on any atom is -0.392 e. The number of pyridine rings is 2. The molecular weight excluding hydrogens is 256 g/mol. The minimum absolute atomic E-state index is 0.0131. The van der Waals surface area contributed by atoms with Crippen LogP contribution in [0.5, 0.6) is 0 Å². The first-order valence-electron chi connectivity index (χ1n) is 4.48. The maximum Gasteiger partial charge on any atom is 0.106 e. The highest BCUT2D eigenvalue weighted by molar-refractivity contribution is 9.10. The van der Waals surface area contributed by atoms with E-state index in [0.29, 0.717) is 0 Å². The average Bonchev–Trinajstić information content (AvgIpc) is 2.29. The van der Waals surface area contributed by atoms with Gasteiger partial charge in [-0.1, -0.05) is 12.1 Å². The van der Waals surface area contributed by atoms with Crippen molar-refractivity contribution in [2.75, 3.05) is 0 Å². The smallest absolute Gasteiger partial charge is 0.106 e. The van der Waals surface area contributed by atoms with Crippen molar-refractivity contribution in [2.45, 2.75) is 6.61 Å². The van der Waals surface area contributed by atoms with Gasteiger partial charge in [0.15, 0.2) is 0 Å². The van der Waals surface area contributed by atoms with Gasteiger partial charge < -0.3 is 5.11 Å². The lowest BCUT2D eigenvalue weighted by molar-refractivity contribution is 0.281. The number of aliphatic hydroxyl groups is 1. The van der Waals surface area contributed by atoms with Gasteiger partial charge in [0.2, 0.25) is 0 Å². The molecule has 0 aliphatic rings. The zero-order valence-corrected chi connectivity index (χ0v) is 9.48. The molecule has 15 heavy (non-hydrogen) atoms. The zero-order valence-electron chi connectivity index (χ0n) is 7.89. The Morgan fingerprint density at radius 2 is 2.00 bits per heavy atom. The largest absolute Gasteiger partial charge is 0.392 e. The molecule has 0 aliphatic heterocycles. The molecule has 0 saturated carbocycles. The van der Waals surface area contributed by atoms with Crippen molar-refractivity contribution in [3.63, 3.8) is 0 Å².